The SMILES string of the molecule is O=C1OC2(c3c(I)cccc31)c1c(Cl)c(Cl)c(O)c(I)c1Oc1c(I)c(O)c(I)c(I)c12. The summed E-state index contributed by atoms with van der Waals surface area (Å²) in [4.78, 5) is 13.2. The summed E-state index contributed by atoms with van der Waals surface area (Å²) in [6, 6.07) is 5.36. The molecule has 1 atom stereocenters. The molecule has 0 aromatic heterocycles. The van der Waals surface area contributed by atoms with E-state index < -0.39 is 11.6 Å². The summed E-state index contributed by atoms with van der Waals surface area (Å²) in [6.45, 7) is 0. The van der Waals surface area contributed by atoms with Gasteiger partial charge in [0.1, 0.15) is 10.8 Å². The zero-order valence-electron chi connectivity index (χ0n) is 15.0. The van der Waals surface area contributed by atoms with Crippen molar-refractivity contribution in [3.63, 3.8) is 0 Å². The number of carbonyl (C=O) groups excluding carboxylic acids is 1. The smallest absolute Gasteiger partial charge is 0.340 e. The van der Waals surface area contributed by atoms with Crippen LogP contribution in [0, 0.1) is 17.9 Å². The number of benzene rings is 3. The second kappa shape index (κ2) is 8.41. The molecule has 5 nitrogen and oxygen atoms in total. The Kier molecular flexibility index (Phi) is 6.43. The van der Waals surface area contributed by atoms with Crippen LogP contribution in [0.4, 0.5) is 0 Å². The van der Waals surface area contributed by atoms with Crippen LogP contribution in [0.1, 0.15) is 27.0 Å². The molecule has 12 heteroatoms. The Hall–Kier alpha value is 0.760. The fourth-order valence-electron chi connectivity index (χ4n) is 3.95. The van der Waals surface area contributed by atoms with Gasteiger partial charge in [0, 0.05) is 12.7 Å². The number of fused-ring (bicyclic) bond motifs is 6. The molecule has 0 amide bonds. The quantitative estimate of drug-likeness (QED) is 0.136. The molecular formula is C20H5Cl2I5O5. The topological polar surface area (TPSA) is 76.0 Å². The molecule has 164 valence electrons. The fraction of sp³-hybridized carbons (Fsp3) is 0.0500. The monoisotopic (exact) mass is 1030 g/mol. The molecule has 0 bridgehead atoms. The van der Waals surface area contributed by atoms with Crippen molar-refractivity contribution in [1.29, 1.82) is 0 Å². The molecule has 32 heavy (non-hydrogen) atoms. The lowest BCUT2D eigenvalue weighted by atomic mass is 9.77. The zero-order chi connectivity index (χ0) is 23.3. The second-order valence-corrected chi connectivity index (χ2v) is 13.1. The van der Waals surface area contributed by atoms with Crippen molar-refractivity contribution in [2.45, 2.75) is 5.60 Å². The van der Waals surface area contributed by atoms with Crippen molar-refractivity contribution in [1.82, 2.24) is 0 Å². The van der Waals surface area contributed by atoms with E-state index in [1.54, 1.807) is 12.1 Å². The first-order valence-corrected chi connectivity index (χ1v) is 14.7. The van der Waals surface area contributed by atoms with Gasteiger partial charge in [0.2, 0.25) is 0 Å². The molecule has 0 saturated carbocycles. The van der Waals surface area contributed by atoms with Gasteiger partial charge >= 0.3 is 5.97 Å². The largest absolute Gasteiger partial charge is 0.506 e. The summed E-state index contributed by atoms with van der Waals surface area (Å²) >= 11 is 23.4. The summed E-state index contributed by atoms with van der Waals surface area (Å²) in [5.74, 6) is -0.140. The van der Waals surface area contributed by atoms with Crippen LogP contribution in [0.15, 0.2) is 18.2 Å². The highest BCUT2D eigenvalue weighted by molar-refractivity contribution is 14.1. The molecule has 3 aromatic carbocycles. The Balaban J connectivity index is 2.09. The van der Waals surface area contributed by atoms with Crippen LogP contribution >= 0.6 is 136 Å². The van der Waals surface area contributed by atoms with E-state index >= 15 is 0 Å². The minimum Gasteiger partial charge on any atom is -0.506 e. The zero-order valence-corrected chi connectivity index (χ0v) is 27.3. The Morgan fingerprint density at radius 1 is 0.781 bits per heavy atom. The highest BCUT2D eigenvalue weighted by atomic mass is 127. The van der Waals surface area contributed by atoms with Gasteiger partial charge in [0.05, 0.1) is 32.4 Å². The molecule has 3 aromatic rings. The predicted molar refractivity (Wildman–Crippen MR) is 162 cm³/mol. The lowest BCUT2D eigenvalue weighted by Crippen LogP contribution is -2.36. The number of hydrogen-bond acceptors (Lipinski definition) is 5. The number of esters is 1. The third kappa shape index (κ3) is 3.10. The van der Waals surface area contributed by atoms with Gasteiger partial charge in [-0.2, -0.15) is 0 Å². The number of aromatic hydroxyl groups is 2. The van der Waals surface area contributed by atoms with Gasteiger partial charge in [-0.25, -0.2) is 4.79 Å². The molecule has 2 N–H and O–H groups in total. The van der Waals surface area contributed by atoms with E-state index in [2.05, 4.69) is 67.8 Å². The van der Waals surface area contributed by atoms with Crippen molar-refractivity contribution < 1.29 is 24.5 Å². The normalized spacial score (nSPS) is 18.2. The van der Waals surface area contributed by atoms with Crippen molar-refractivity contribution >= 4 is 142 Å². The van der Waals surface area contributed by atoms with Crippen molar-refractivity contribution in [3.8, 4) is 23.0 Å². The molecule has 0 radical (unpaired) electrons. The average molecular weight is 1030 g/mol. The molecule has 2 heterocycles. The molecule has 0 saturated heterocycles. The van der Waals surface area contributed by atoms with Crippen LogP contribution < -0.4 is 4.74 Å². The van der Waals surface area contributed by atoms with E-state index in [-0.39, 0.29) is 27.3 Å². The first-order chi connectivity index (χ1) is 15.0. The summed E-state index contributed by atoms with van der Waals surface area (Å²) < 4.78 is 15.3. The third-order valence-corrected chi connectivity index (χ3v) is 12.2. The molecule has 1 spiro atoms. The van der Waals surface area contributed by atoms with Gasteiger partial charge in [-0.1, -0.05) is 29.3 Å². The highest BCUT2D eigenvalue weighted by Gasteiger charge is 2.58. The average Bonchev–Trinajstić information content (AvgIpc) is 3.06. The maximum absolute atomic E-state index is 13.2. The molecule has 0 fully saturated rings. The van der Waals surface area contributed by atoms with Gasteiger partial charge in [-0.3, -0.25) is 0 Å². The summed E-state index contributed by atoms with van der Waals surface area (Å²) in [5, 5.41) is 21.3. The van der Waals surface area contributed by atoms with Crippen LogP contribution in [0.3, 0.4) is 0 Å². The number of rotatable bonds is 0. The van der Waals surface area contributed by atoms with E-state index in [4.69, 9.17) is 32.7 Å². The minimum atomic E-state index is -1.48. The predicted octanol–water partition coefficient (Wildman–Crippen LogP) is 8.00. The molecular weight excluding hydrogens is 1030 g/mol. The first kappa shape index (κ1) is 24.5. The Morgan fingerprint density at radius 2 is 1.41 bits per heavy atom. The van der Waals surface area contributed by atoms with Gasteiger partial charge in [0.25, 0.3) is 0 Å². The third-order valence-electron chi connectivity index (χ3n) is 5.25. The van der Waals surface area contributed by atoms with E-state index in [1.165, 1.54) is 0 Å². The first-order valence-electron chi connectivity index (χ1n) is 8.53. The van der Waals surface area contributed by atoms with Crippen LogP contribution in [0.2, 0.25) is 10.0 Å². The van der Waals surface area contributed by atoms with E-state index in [1.807, 2.05) is 51.2 Å². The number of ether oxygens (including phenoxy) is 2. The fourth-order valence-corrected chi connectivity index (χ4v) is 8.72. The second-order valence-electron chi connectivity index (χ2n) is 6.82. The van der Waals surface area contributed by atoms with Gasteiger partial charge in [0.15, 0.2) is 22.8 Å². The van der Waals surface area contributed by atoms with Crippen molar-refractivity contribution in [2.75, 3.05) is 0 Å². The maximum Gasteiger partial charge on any atom is 0.340 e. The maximum atomic E-state index is 13.2. The number of phenolic OH excluding ortho intramolecular Hbond substituents is 2. The molecule has 2 aliphatic heterocycles. The number of hydrogen-bond donors (Lipinski definition) is 2. The van der Waals surface area contributed by atoms with Crippen molar-refractivity contribution in [3.05, 3.63) is 68.3 Å². The Bertz CT molecular complexity index is 1340. The van der Waals surface area contributed by atoms with Gasteiger partial charge in [-0.15, -0.1) is 0 Å². The van der Waals surface area contributed by atoms with Crippen LogP contribution in [0.25, 0.3) is 0 Å². The van der Waals surface area contributed by atoms with Crippen molar-refractivity contribution in [2.24, 2.45) is 0 Å². The van der Waals surface area contributed by atoms with E-state index in [0.29, 0.717) is 42.3 Å². The van der Waals surface area contributed by atoms with Gasteiger partial charge < -0.3 is 19.7 Å². The summed E-state index contributed by atoms with van der Waals surface area (Å²) in [5.41, 5.74) is 0.426. The van der Waals surface area contributed by atoms with E-state index in [9.17, 15) is 15.0 Å². The summed E-state index contributed by atoms with van der Waals surface area (Å²) in [7, 11) is 0. The summed E-state index contributed by atoms with van der Waals surface area (Å²) in [6.07, 6.45) is 0. The van der Waals surface area contributed by atoms with Crippen LogP contribution in [0.5, 0.6) is 23.0 Å². The number of carbonyl (C=O) groups is 1. The van der Waals surface area contributed by atoms with Gasteiger partial charge in [-0.05, 0) is 125 Å². The van der Waals surface area contributed by atoms with E-state index in [0.717, 1.165) is 3.57 Å². The van der Waals surface area contributed by atoms with Crippen LogP contribution in [-0.4, -0.2) is 16.2 Å². The minimum absolute atomic E-state index is 0.0272. The molecule has 5 rings (SSSR count). The number of halogens is 7. The standard InChI is InChI=1S/C20H5Cl2I5O5/c21-9-7-17(13(26)15(28)10(9)22)31-18-8(11(24)12(25)16(29)14(18)27)20(7)6-4(19(30)32-20)2-1-3-5(6)23/h1-3,28-29H. The highest BCUT2D eigenvalue weighted by Crippen LogP contribution is 2.64. The number of phenols is 2. The lowest BCUT2D eigenvalue weighted by Gasteiger charge is -2.39. The molecule has 1 unspecified atom stereocenters. The van der Waals surface area contributed by atoms with Crippen LogP contribution in [-0.2, 0) is 10.3 Å². The molecule has 2 aliphatic rings. The Morgan fingerprint density at radius 3 is 2.09 bits per heavy atom. The Labute approximate surface area is 259 Å². The lowest BCUT2D eigenvalue weighted by molar-refractivity contribution is 0.0219. The molecule has 0 aliphatic carbocycles.